The van der Waals surface area contributed by atoms with Gasteiger partial charge in [0.05, 0.1) is 19.6 Å². The monoisotopic (exact) mass is 890 g/mol. The molecule has 7 aromatic carbocycles. The topological polar surface area (TPSA) is 146 Å². The molecule has 0 saturated heterocycles. The third-order valence-electron chi connectivity index (χ3n) is 9.02. The summed E-state index contributed by atoms with van der Waals surface area (Å²) in [6.07, 6.45) is 0. The number of hydrogen-bond donors (Lipinski definition) is 2. The molecule has 0 spiro atoms. The van der Waals surface area contributed by atoms with Crippen LogP contribution in [0.4, 0.5) is 0 Å². The molecule has 0 bridgehead atoms. The van der Waals surface area contributed by atoms with Gasteiger partial charge < -0.3 is 29.2 Å². The van der Waals surface area contributed by atoms with Crippen molar-refractivity contribution < 1.29 is 46.0 Å². The van der Waals surface area contributed by atoms with Gasteiger partial charge in [-0.05, 0) is 191 Å². The quantitative estimate of drug-likeness (QED) is 0.114. The molecule has 64 heavy (non-hydrogen) atoms. The minimum Gasteiger partial charge on any atom is -0.457 e. The van der Waals surface area contributed by atoms with Gasteiger partial charge in [0.25, 0.3) is 0 Å². The van der Waals surface area contributed by atoms with E-state index in [9.17, 15) is 27.0 Å². The smallest absolute Gasteiger partial charge is 0.206 e. The molecule has 0 aromatic heterocycles. The van der Waals surface area contributed by atoms with Crippen molar-refractivity contribution in [2.45, 2.75) is 58.5 Å². The van der Waals surface area contributed by atoms with E-state index in [2.05, 4.69) is 23.7 Å². The number of rotatable bonds is 12. The molecule has 10 nitrogen and oxygen atoms in total. The molecule has 322 valence electrons. The lowest BCUT2D eigenvalue weighted by Gasteiger charge is -2.11. The third-order valence-corrected chi connectivity index (χ3v) is 12.6. The first kappa shape index (κ1) is 44.7. The van der Waals surface area contributed by atoms with Crippen molar-refractivity contribution in [2.75, 3.05) is 0 Å². The Kier molecular flexibility index (Phi) is 13.0. The van der Waals surface area contributed by atoms with Gasteiger partial charge in [-0.1, -0.05) is 29.7 Å². The highest BCUT2D eigenvalue weighted by atomic mass is 32.2. The van der Waals surface area contributed by atoms with E-state index in [0.717, 1.165) is 5.56 Å². The van der Waals surface area contributed by atoms with Crippen molar-refractivity contribution in [2.24, 2.45) is 0 Å². The summed E-state index contributed by atoms with van der Waals surface area (Å²) in [6.45, 7) is 6.42. The predicted octanol–water partition coefficient (Wildman–Crippen LogP) is 10.8. The van der Waals surface area contributed by atoms with E-state index in [0.29, 0.717) is 51.6 Å². The molecular weight excluding hydrogens is 849 g/mol. The van der Waals surface area contributed by atoms with Gasteiger partial charge in [0.2, 0.25) is 19.7 Å². The van der Waals surface area contributed by atoms with Crippen molar-refractivity contribution in [1.29, 1.82) is 0 Å². The van der Waals surface area contributed by atoms with Crippen LogP contribution in [0.15, 0.2) is 189 Å². The van der Waals surface area contributed by atoms with Crippen LogP contribution in [0.25, 0.3) is 0 Å². The summed E-state index contributed by atoms with van der Waals surface area (Å²) in [5.74, 6) is 15.1. The second-order valence-corrected chi connectivity index (χ2v) is 19.3. The fourth-order valence-electron chi connectivity index (χ4n) is 5.83. The Balaban J connectivity index is 0.911. The normalized spacial score (nSPS) is 11.6. The van der Waals surface area contributed by atoms with E-state index >= 15 is 0 Å². The molecule has 2 N–H and O–H groups in total. The van der Waals surface area contributed by atoms with Crippen molar-refractivity contribution in [1.82, 2.24) is 0 Å². The summed E-state index contributed by atoms with van der Waals surface area (Å²) >= 11 is 0. The maximum absolute atomic E-state index is 13.4. The van der Waals surface area contributed by atoms with Gasteiger partial charge in [-0.25, -0.2) is 16.8 Å². The van der Waals surface area contributed by atoms with Gasteiger partial charge in [0, 0.05) is 11.1 Å². The molecule has 7 rings (SSSR count). The lowest BCUT2D eigenvalue weighted by Crippen LogP contribution is -2.14. The number of ether oxygens (including phenoxy) is 4. The molecule has 7 aromatic rings. The van der Waals surface area contributed by atoms with Crippen LogP contribution in [0.1, 0.15) is 38.8 Å². The number of sulfone groups is 2. The van der Waals surface area contributed by atoms with Gasteiger partial charge in [-0.3, -0.25) is 0 Å². The molecule has 0 atom stereocenters. The molecule has 0 fully saturated rings. The zero-order chi connectivity index (χ0) is 45.5. The Morgan fingerprint density at radius 1 is 0.359 bits per heavy atom. The fraction of sp³-hybridized carbons (Fsp3) is 0.115. The maximum Gasteiger partial charge on any atom is 0.206 e. The highest BCUT2D eigenvalue weighted by Gasteiger charge is 2.20. The van der Waals surface area contributed by atoms with E-state index in [1.54, 1.807) is 149 Å². The van der Waals surface area contributed by atoms with Gasteiger partial charge >= 0.3 is 0 Å². The molecule has 0 radical (unpaired) electrons. The van der Waals surface area contributed by atoms with Crippen LogP contribution < -0.4 is 18.9 Å². The molecule has 0 heterocycles. The van der Waals surface area contributed by atoms with E-state index in [-0.39, 0.29) is 19.6 Å². The lowest BCUT2D eigenvalue weighted by molar-refractivity contribution is 0.143. The fourth-order valence-corrected chi connectivity index (χ4v) is 8.36. The average Bonchev–Trinajstić information content (AvgIpc) is 3.26. The molecule has 0 aliphatic heterocycles. The van der Waals surface area contributed by atoms with Crippen molar-refractivity contribution in [3.8, 4) is 69.7 Å². The van der Waals surface area contributed by atoms with Gasteiger partial charge in [-0.2, -0.15) is 0 Å². The molecule has 0 saturated carbocycles. The van der Waals surface area contributed by atoms with Crippen LogP contribution >= 0.6 is 0 Å². The standard InChI is InChI=1S/C52H42O10S2/c1-51(2,53)34-32-37-8-10-39(11-9-37)59-42-16-24-47(25-17-42)63(55,56)48-26-18-43(19-27-48)60-40-12-14-41(15-13-40)61-44-20-28-49(29-21-44)64(57,58)50-30-22-45(23-31-50)62-46-7-5-6-38(36-46)33-35-52(3,4)54/h5-31,36,53-54H,1-4H3. The summed E-state index contributed by atoms with van der Waals surface area (Å²) in [5, 5.41) is 19.7. The van der Waals surface area contributed by atoms with Crippen LogP contribution in [0.2, 0.25) is 0 Å². The number of hydrogen-bond acceptors (Lipinski definition) is 10. The first-order chi connectivity index (χ1) is 30.4. The Morgan fingerprint density at radius 3 is 0.938 bits per heavy atom. The van der Waals surface area contributed by atoms with Crippen molar-refractivity contribution >= 4 is 19.7 Å². The summed E-state index contributed by atoms with van der Waals surface area (Å²) in [6, 6.07) is 45.3. The molecule has 12 heteroatoms. The van der Waals surface area contributed by atoms with Crippen LogP contribution in [-0.2, 0) is 19.7 Å². The summed E-state index contributed by atoms with van der Waals surface area (Å²) in [5.41, 5.74) is -0.843. The minimum atomic E-state index is -3.84. The molecule has 0 amide bonds. The molecule has 0 aliphatic rings. The maximum atomic E-state index is 13.4. The predicted molar refractivity (Wildman–Crippen MR) is 243 cm³/mol. The Hall–Kier alpha value is -7.32. The molecule has 0 unspecified atom stereocenters. The lowest BCUT2D eigenvalue weighted by atomic mass is 10.1. The highest BCUT2D eigenvalue weighted by Crippen LogP contribution is 2.32. The minimum absolute atomic E-state index is 0.0899. The van der Waals surface area contributed by atoms with Crippen LogP contribution in [-0.4, -0.2) is 38.3 Å². The number of aliphatic hydroxyl groups is 2. The third kappa shape index (κ3) is 12.0. The first-order valence-electron chi connectivity index (χ1n) is 19.8. The van der Waals surface area contributed by atoms with Crippen molar-refractivity contribution in [3.05, 3.63) is 181 Å². The Labute approximate surface area is 373 Å². The van der Waals surface area contributed by atoms with E-state index in [4.69, 9.17) is 18.9 Å². The van der Waals surface area contributed by atoms with Crippen LogP contribution in [0.3, 0.4) is 0 Å². The van der Waals surface area contributed by atoms with Crippen LogP contribution in [0, 0.1) is 23.7 Å². The molecular formula is C52H42O10S2. The van der Waals surface area contributed by atoms with Gasteiger partial charge in [-0.15, -0.1) is 0 Å². The second-order valence-electron chi connectivity index (χ2n) is 15.4. The number of benzene rings is 7. The van der Waals surface area contributed by atoms with Gasteiger partial charge in [0.1, 0.15) is 57.2 Å². The largest absolute Gasteiger partial charge is 0.457 e. The van der Waals surface area contributed by atoms with E-state index < -0.39 is 30.9 Å². The Morgan fingerprint density at radius 2 is 0.625 bits per heavy atom. The van der Waals surface area contributed by atoms with Crippen LogP contribution in [0.5, 0.6) is 46.0 Å². The second kappa shape index (κ2) is 18.6. The van der Waals surface area contributed by atoms with Crippen molar-refractivity contribution in [3.63, 3.8) is 0 Å². The summed E-state index contributed by atoms with van der Waals surface area (Å²) < 4.78 is 77.3. The molecule has 0 aliphatic carbocycles. The highest BCUT2D eigenvalue weighted by molar-refractivity contribution is 7.91. The zero-order valence-electron chi connectivity index (χ0n) is 35.1. The summed E-state index contributed by atoms with van der Waals surface area (Å²) in [4.78, 5) is 0.380. The van der Waals surface area contributed by atoms with Gasteiger partial charge in [0.15, 0.2) is 0 Å². The summed E-state index contributed by atoms with van der Waals surface area (Å²) in [7, 11) is -7.67. The average molecular weight is 891 g/mol. The Bertz CT molecular complexity index is 3090. The zero-order valence-corrected chi connectivity index (χ0v) is 36.8. The van der Waals surface area contributed by atoms with E-state index in [1.807, 2.05) is 0 Å². The first-order valence-corrected chi connectivity index (χ1v) is 22.8. The SMILES string of the molecule is CC(C)(O)C#Cc1ccc(Oc2ccc(S(=O)(=O)c3ccc(Oc4ccc(Oc5ccc(S(=O)(=O)c6ccc(Oc7cccc(C#CC(C)(C)O)c7)cc6)cc5)cc4)cc3)cc2)cc1. The van der Waals surface area contributed by atoms with E-state index in [1.165, 1.54) is 48.5 Å².